The summed E-state index contributed by atoms with van der Waals surface area (Å²) in [7, 11) is -9.87. The molecule has 0 aromatic rings. The predicted molar refractivity (Wildman–Crippen MR) is 303 cm³/mol. The molecule has 77 heavy (non-hydrogen) atoms. The molecule has 0 saturated heterocycles. The molecule has 0 aromatic carbocycles. The van der Waals surface area contributed by atoms with Gasteiger partial charge in [-0.05, 0) is 37.5 Å². The van der Waals surface area contributed by atoms with Gasteiger partial charge in [0.05, 0.1) is 26.4 Å². The zero-order valence-corrected chi connectivity index (χ0v) is 51.0. The van der Waals surface area contributed by atoms with Crippen molar-refractivity contribution in [1.82, 2.24) is 0 Å². The second-order valence-electron chi connectivity index (χ2n) is 22.0. The lowest BCUT2D eigenvalue weighted by molar-refractivity contribution is -0.161. The number of esters is 4. The molecule has 0 aliphatic rings. The van der Waals surface area contributed by atoms with Crippen LogP contribution >= 0.6 is 15.6 Å². The molecule has 0 saturated carbocycles. The number of phosphoric acid groups is 2. The molecule has 0 heterocycles. The van der Waals surface area contributed by atoms with E-state index in [9.17, 15) is 43.2 Å². The smallest absolute Gasteiger partial charge is 0.462 e. The Labute approximate surface area is 467 Å². The summed E-state index contributed by atoms with van der Waals surface area (Å²) in [5.41, 5.74) is 0. The van der Waals surface area contributed by atoms with Crippen LogP contribution in [0.1, 0.15) is 279 Å². The molecule has 0 radical (unpaired) electrons. The first-order valence-electron chi connectivity index (χ1n) is 30.5. The molecular formula is C58H112O17P2. The van der Waals surface area contributed by atoms with Gasteiger partial charge in [-0.2, -0.15) is 0 Å². The van der Waals surface area contributed by atoms with E-state index in [1.165, 1.54) is 89.9 Å². The SMILES string of the molecule is CCCCCCCCCCCCCCC(=O)O[C@H](COC(=O)CCCCCCCCCCC(C)C)COP(=O)(O)OC[C@@H](O)COP(=O)(O)OC[C@@H](COC(=O)CCCCCCC)OC(=O)CCCCCCCCC(C)C. The van der Waals surface area contributed by atoms with E-state index in [1.807, 2.05) is 0 Å². The first kappa shape index (κ1) is 75.1. The number of rotatable bonds is 57. The zero-order valence-electron chi connectivity index (χ0n) is 49.2. The molecule has 0 amide bonds. The monoisotopic (exact) mass is 1140 g/mol. The fourth-order valence-corrected chi connectivity index (χ4v) is 10.0. The van der Waals surface area contributed by atoms with E-state index in [4.69, 9.17) is 37.0 Å². The topological polar surface area (TPSA) is 237 Å². The lowest BCUT2D eigenvalue weighted by Gasteiger charge is -2.21. The van der Waals surface area contributed by atoms with Crippen LogP contribution in [-0.2, 0) is 65.4 Å². The van der Waals surface area contributed by atoms with E-state index in [-0.39, 0.29) is 25.7 Å². The number of carbonyl (C=O) groups is 4. The molecule has 0 aromatic heterocycles. The normalized spacial score (nSPS) is 14.5. The molecule has 5 atom stereocenters. The summed E-state index contributed by atoms with van der Waals surface area (Å²) in [4.78, 5) is 71.6. The molecule has 3 N–H and O–H groups in total. The van der Waals surface area contributed by atoms with Crippen LogP contribution in [0.2, 0.25) is 0 Å². The van der Waals surface area contributed by atoms with E-state index in [0.29, 0.717) is 31.6 Å². The van der Waals surface area contributed by atoms with Crippen LogP contribution in [0.4, 0.5) is 0 Å². The van der Waals surface area contributed by atoms with Crippen LogP contribution in [0.5, 0.6) is 0 Å². The van der Waals surface area contributed by atoms with Gasteiger partial charge in [-0.15, -0.1) is 0 Å². The van der Waals surface area contributed by atoms with Gasteiger partial charge in [0.15, 0.2) is 12.2 Å². The summed E-state index contributed by atoms with van der Waals surface area (Å²) in [6.07, 6.45) is 31.2. The summed E-state index contributed by atoms with van der Waals surface area (Å²) in [6.45, 7) is 9.23. The largest absolute Gasteiger partial charge is 0.472 e. The number of carbonyl (C=O) groups excluding carboxylic acids is 4. The Morgan fingerprint density at radius 3 is 0.883 bits per heavy atom. The van der Waals surface area contributed by atoms with Crippen molar-refractivity contribution in [2.24, 2.45) is 11.8 Å². The van der Waals surface area contributed by atoms with Gasteiger partial charge in [0, 0.05) is 25.7 Å². The number of hydrogen-bond donors (Lipinski definition) is 3. The average molecular weight is 1140 g/mol. The fraction of sp³-hybridized carbons (Fsp3) is 0.931. The van der Waals surface area contributed by atoms with Gasteiger partial charge in [0.1, 0.15) is 19.3 Å². The van der Waals surface area contributed by atoms with Crippen LogP contribution < -0.4 is 0 Å². The van der Waals surface area contributed by atoms with Crippen molar-refractivity contribution in [2.75, 3.05) is 39.6 Å². The molecule has 0 aliphatic heterocycles. The number of aliphatic hydroxyl groups is 1. The lowest BCUT2D eigenvalue weighted by Crippen LogP contribution is -2.30. The average Bonchev–Trinajstić information content (AvgIpc) is 3.38. The van der Waals surface area contributed by atoms with Gasteiger partial charge < -0.3 is 33.8 Å². The van der Waals surface area contributed by atoms with Crippen molar-refractivity contribution in [3.05, 3.63) is 0 Å². The van der Waals surface area contributed by atoms with Crippen molar-refractivity contribution in [1.29, 1.82) is 0 Å². The lowest BCUT2D eigenvalue weighted by atomic mass is 10.0. The minimum Gasteiger partial charge on any atom is -0.462 e. The van der Waals surface area contributed by atoms with Gasteiger partial charge in [0.2, 0.25) is 0 Å². The van der Waals surface area contributed by atoms with Gasteiger partial charge in [-0.1, -0.05) is 228 Å². The van der Waals surface area contributed by atoms with Crippen LogP contribution in [0.25, 0.3) is 0 Å². The first-order chi connectivity index (χ1) is 36.9. The highest BCUT2D eigenvalue weighted by Crippen LogP contribution is 2.45. The Morgan fingerprint density at radius 2 is 0.597 bits per heavy atom. The Kier molecular flexibility index (Phi) is 49.7. The van der Waals surface area contributed by atoms with Gasteiger partial charge >= 0.3 is 39.5 Å². The summed E-state index contributed by atoms with van der Waals surface area (Å²) in [5.74, 6) is -0.760. The summed E-state index contributed by atoms with van der Waals surface area (Å²) < 4.78 is 67.5. The Hall–Kier alpha value is -1.94. The van der Waals surface area contributed by atoms with Crippen molar-refractivity contribution in [2.45, 2.75) is 297 Å². The van der Waals surface area contributed by atoms with E-state index < -0.39 is 97.5 Å². The molecule has 0 spiro atoms. The van der Waals surface area contributed by atoms with Crippen LogP contribution in [-0.4, -0.2) is 96.7 Å². The van der Waals surface area contributed by atoms with E-state index in [2.05, 4.69) is 41.5 Å². The summed E-state index contributed by atoms with van der Waals surface area (Å²) >= 11 is 0. The highest BCUT2D eigenvalue weighted by molar-refractivity contribution is 7.47. The molecule has 0 aliphatic carbocycles. The van der Waals surface area contributed by atoms with E-state index in [0.717, 1.165) is 102 Å². The predicted octanol–water partition coefficient (Wildman–Crippen LogP) is 15.3. The standard InChI is InChI=1S/C58H112O17P2/c1-7-9-11-13-14-15-16-17-18-23-30-36-42-57(62)74-54(47-69-56(61)41-35-29-22-20-19-21-27-32-38-50(3)4)49-73-77(66,67)71-45-52(59)44-70-76(64,65)72-48-53(46-68-55(60)40-34-26-12-10-8-2)75-58(63)43-37-31-25-24-28-33-39-51(5)6/h50-54,59H,7-49H2,1-6H3,(H,64,65)(H,66,67)/t52-,53+,54+/m0/s1. The summed E-state index contributed by atoms with van der Waals surface area (Å²) in [6, 6.07) is 0. The van der Waals surface area contributed by atoms with Crippen molar-refractivity contribution in [3.63, 3.8) is 0 Å². The number of hydrogen-bond acceptors (Lipinski definition) is 15. The second kappa shape index (κ2) is 51.0. The Bertz CT molecular complexity index is 1530. The number of aliphatic hydroxyl groups excluding tert-OH is 1. The van der Waals surface area contributed by atoms with Crippen LogP contribution in [0.15, 0.2) is 0 Å². The molecule has 0 bridgehead atoms. The van der Waals surface area contributed by atoms with E-state index in [1.54, 1.807) is 0 Å². The minimum absolute atomic E-state index is 0.101. The maximum atomic E-state index is 12.9. The van der Waals surface area contributed by atoms with Gasteiger partial charge in [0.25, 0.3) is 0 Å². The number of phosphoric ester groups is 2. The Balaban J connectivity index is 5.19. The van der Waals surface area contributed by atoms with E-state index >= 15 is 0 Å². The molecular weight excluding hydrogens is 1030 g/mol. The Morgan fingerprint density at radius 1 is 0.351 bits per heavy atom. The third-order valence-electron chi connectivity index (χ3n) is 13.2. The molecule has 0 fully saturated rings. The van der Waals surface area contributed by atoms with Gasteiger partial charge in [-0.25, -0.2) is 9.13 Å². The molecule has 2 unspecified atom stereocenters. The zero-order chi connectivity index (χ0) is 57.3. The van der Waals surface area contributed by atoms with Crippen molar-refractivity contribution < 1.29 is 80.2 Å². The molecule has 17 nitrogen and oxygen atoms in total. The maximum Gasteiger partial charge on any atom is 0.472 e. The van der Waals surface area contributed by atoms with Crippen LogP contribution in [0, 0.1) is 11.8 Å². The fourth-order valence-electron chi connectivity index (χ4n) is 8.47. The number of unbranched alkanes of at least 4 members (excludes halogenated alkanes) is 27. The highest BCUT2D eigenvalue weighted by Gasteiger charge is 2.30. The maximum absolute atomic E-state index is 12.9. The molecule has 456 valence electrons. The third-order valence-corrected chi connectivity index (χ3v) is 15.1. The first-order valence-corrected chi connectivity index (χ1v) is 33.5. The van der Waals surface area contributed by atoms with Crippen molar-refractivity contribution >= 4 is 39.5 Å². The third kappa shape index (κ3) is 53.2. The number of ether oxygens (including phenoxy) is 4. The highest BCUT2D eigenvalue weighted by atomic mass is 31.2. The molecule has 19 heteroatoms. The van der Waals surface area contributed by atoms with Crippen LogP contribution in [0.3, 0.4) is 0 Å². The second-order valence-corrected chi connectivity index (χ2v) is 24.9. The quantitative estimate of drug-likeness (QED) is 0.0222. The van der Waals surface area contributed by atoms with Crippen molar-refractivity contribution in [3.8, 4) is 0 Å². The minimum atomic E-state index is -4.94. The van der Waals surface area contributed by atoms with Gasteiger partial charge in [-0.3, -0.25) is 37.3 Å². The molecule has 0 rings (SSSR count). The summed E-state index contributed by atoms with van der Waals surface area (Å²) in [5, 5.41) is 10.5.